The maximum atomic E-state index is 14.1. The third-order valence-corrected chi connectivity index (χ3v) is 8.31. The molecule has 0 aromatic heterocycles. The van der Waals surface area contributed by atoms with Crippen LogP contribution in [0.15, 0.2) is 94.7 Å². The molecule has 0 saturated carbocycles. The summed E-state index contributed by atoms with van der Waals surface area (Å²) in [6.07, 6.45) is 0. The largest absolute Gasteiger partial charge is 0.478 e. The molecule has 202 valence electrons. The van der Waals surface area contributed by atoms with Crippen LogP contribution in [-0.2, 0) is 20.0 Å². The van der Waals surface area contributed by atoms with E-state index >= 15 is 0 Å². The minimum atomic E-state index is -4.10. The maximum Gasteiger partial charge on any atom is 0.337 e. The van der Waals surface area contributed by atoms with Gasteiger partial charge in [0.1, 0.15) is 11.6 Å². The Kier molecular flexibility index (Phi) is 7.61. The molecule has 0 spiro atoms. The minimum Gasteiger partial charge on any atom is -0.478 e. The van der Waals surface area contributed by atoms with Crippen LogP contribution in [0.3, 0.4) is 0 Å². The van der Waals surface area contributed by atoms with Crippen LogP contribution in [0, 0.1) is 19.7 Å². The zero-order chi connectivity index (χ0) is 28.4. The van der Waals surface area contributed by atoms with Gasteiger partial charge >= 0.3 is 5.97 Å². The van der Waals surface area contributed by atoms with Gasteiger partial charge in [0.05, 0.1) is 26.7 Å². The highest BCUT2D eigenvalue weighted by atomic mass is 32.2. The molecule has 4 aromatic rings. The number of hydrogen-bond acceptors (Lipinski definition) is 6. The number of benzene rings is 4. The number of halogens is 1. The summed E-state index contributed by atoms with van der Waals surface area (Å²) in [5, 5.41) is 9.72. The number of carbonyl (C=O) groups is 1. The highest BCUT2D eigenvalue weighted by Gasteiger charge is 2.21. The van der Waals surface area contributed by atoms with E-state index in [9.17, 15) is 31.1 Å². The van der Waals surface area contributed by atoms with Crippen molar-refractivity contribution in [3.05, 3.63) is 107 Å². The number of anilines is 2. The lowest BCUT2D eigenvalue weighted by Gasteiger charge is -2.15. The highest BCUT2D eigenvalue weighted by Crippen LogP contribution is 2.34. The first-order chi connectivity index (χ1) is 18.3. The molecular weight excluding hydrogens is 547 g/mol. The van der Waals surface area contributed by atoms with Gasteiger partial charge in [-0.2, -0.15) is 0 Å². The Balaban J connectivity index is 1.64. The molecule has 9 nitrogen and oxygen atoms in total. The van der Waals surface area contributed by atoms with Gasteiger partial charge < -0.3 is 9.84 Å². The van der Waals surface area contributed by atoms with Gasteiger partial charge in [-0.1, -0.05) is 35.4 Å². The van der Waals surface area contributed by atoms with Gasteiger partial charge in [0.2, 0.25) is 0 Å². The van der Waals surface area contributed by atoms with Crippen LogP contribution < -0.4 is 14.2 Å². The number of hydrogen-bond donors (Lipinski definition) is 3. The van der Waals surface area contributed by atoms with Gasteiger partial charge in [-0.05, 0) is 68.4 Å². The third kappa shape index (κ3) is 6.54. The lowest BCUT2D eigenvalue weighted by Crippen LogP contribution is -2.15. The zero-order valence-corrected chi connectivity index (χ0v) is 22.3. The average molecular weight is 571 g/mol. The molecule has 0 fully saturated rings. The molecule has 4 aromatic carbocycles. The Bertz CT molecular complexity index is 1760. The van der Waals surface area contributed by atoms with Crippen molar-refractivity contribution in [1.82, 2.24) is 0 Å². The molecule has 0 bridgehead atoms. The molecule has 12 heteroatoms. The zero-order valence-electron chi connectivity index (χ0n) is 20.7. The third-order valence-electron chi connectivity index (χ3n) is 5.54. The second-order valence-corrected chi connectivity index (χ2v) is 12.0. The average Bonchev–Trinajstić information content (AvgIpc) is 2.87. The van der Waals surface area contributed by atoms with Crippen LogP contribution in [0.5, 0.6) is 11.5 Å². The van der Waals surface area contributed by atoms with E-state index in [-0.39, 0.29) is 32.7 Å². The number of carboxylic acids is 1. The van der Waals surface area contributed by atoms with Gasteiger partial charge in [0, 0.05) is 6.07 Å². The summed E-state index contributed by atoms with van der Waals surface area (Å²) in [6, 6.07) is 18.7. The molecule has 0 unspecified atom stereocenters. The van der Waals surface area contributed by atoms with Crippen LogP contribution in [0.25, 0.3) is 0 Å². The van der Waals surface area contributed by atoms with Crippen LogP contribution in [0.1, 0.15) is 21.5 Å². The fourth-order valence-electron chi connectivity index (χ4n) is 3.49. The second kappa shape index (κ2) is 10.8. The van der Waals surface area contributed by atoms with Crippen LogP contribution in [0.2, 0.25) is 0 Å². The Labute approximate surface area is 225 Å². The van der Waals surface area contributed by atoms with E-state index in [4.69, 9.17) is 4.74 Å². The lowest BCUT2D eigenvalue weighted by atomic mass is 10.1. The molecule has 0 saturated heterocycles. The number of nitrogens with one attached hydrogen (secondary N) is 2. The van der Waals surface area contributed by atoms with Crippen LogP contribution in [-0.4, -0.2) is 27.9 Å². The van der Waals surface area contributed by atoms with Crippen molar-refractivity contribution >= 4 is 37.4 Å². The Morgan fingerprint density at radius 1 is 0.718 bits per heavy atom. The summed E-state index contributed by atoms with van der Waals surface area (Å²) < 4.78 is 75.6. The smallest absolute Gasteiger partial charge is 0.337 e. The van der Waals surface area contributed by atoms with Gasteiger partial charge in [0.15, 0.2) is 5.75 Å². The molecule has 39 heavy (non-hydrogen) atoms. The van der Waals surface area contributed by atoms with Gasteiger partial charge in [-0.3, -0.25) is 9.44 Å². The van der Waals surface area contributed by atoms with Crippen molar-refractivity contribution in [2.45, 2.75) is 23.6 Å². The predicted octanol–water partition coefficient (Wildman–Crippen LogP) is 5.53. The topological polar surface area (TPSA) is 139 Å². The van der Waals surface area contributed by atoms with Crippen molar-refractivity contribution in [3.8, 4) is 11.5 Å². The van der Waals surface area contributed by atoms with Crippen molar-refractivity contribution in [2.75, 3.05) is 9.44 Å². The first kappa shape index (κ1) is 27.6. The fraction of sp³-hybridized carbons (Fsp3) is 0.0741. The van der Waals surface area contributed by atoms with E-state index < -0.39 is 37.4 Å². The molecule has 0 aliphatic heterocycles. The predicted molar refractivity (Wildman–Crippen MR) is 144 cm³/mol. The molecular formula is C27H23FN2O7S2. The van der Waals surface area contributed by atoms with E-state index in [1.54, 1.807) is 38.1 Å². The summed E-state index contributed by atoms with van der Waals surface area (Å²) in [7, 11) is -8.16. The lowest BCUT2D eigenvalue weighted by molar-refractivity contribution is 0.0697. The molecule has 0 amide bonds. The first-order valence-corrected chi connectivity index (χ1v) is 14.3. The monoisotopic (exact) mass is 570 g/mol. The van der Waals surface area contributed by atoms with E-state index in [2.05, 4.69) is 9.44 Å². The number of aryl methyl sites for hydroxylation is 2. The molecule has 4 rings (SSSR count). The summed E-state index contributed by atoms with van der Waals surface area (Å²) in [4.78, 5) is 11.9. The van der Waals surface area contributed by atoms with Gasteiger partial charge in [-0.15, -0.1) is 0 Å². The summed E-state index contributed by atoms with van der Waals surface area (Å²) in [5.41, 5.74) is 0.937. The van der Waals surface area contributed by atoms with E-state index in [0.717, 1.165) is 29.3 Å². The van der Waals surface area contributed by atoms with Crippen LogP contribution in [0.4, 0.5) is 15.8 Å². The van der Waals surface area contributed by atoms with E-state index in [0.29, 0.717) is 0 Å². The van der Waals surface area contributed by atoms with E-state index in [1.165, 1.54) is 42.5 Å². The second-order valence-electron chi connectivity index (χ2n) is 8.59. The maximum absolute atomic E-state index is 14.1. The fourth-order valence-corrected chi connectivity index (χ4v) is 5.64. The molecule has 3 N–H and O–H groups in total. The number of carboxylic acid groups (broad SMARTS) is 1. The normalized spacial score (nSPS) is 11.6. The summed E-state index contributed by atoms with van der Waals surface area (Å²) in [6.45, 7) is 3.60. The highest BCUT2D eigenvalue weighted by molar-refractivity contribution is 7.93. The Morgan fingerprint density at radius 2 is 1.21 bits per heavy atom. The van der Waals surface area contributed by atoms with Crippen LogP contribution >= 0.6 is 0 Å². The molecule has 0 heterocycles. The Hall–Kier alpha value is -4.42. The molecule has 0 radical (unpaired) electrons. The SMILES string of the molecule is Cc1ccc(S(=O)(=O)Nc2ccc(F)cc2Oc2ccc(NS(=O)(=O)c3ccc(C)cc3)c(C(=O)O)c2)cc1. The first-order valence-electron chi connectivity index (χ1n) is 11.4. The minimum absolute atomic E-state index is 0.0262. The van der Waals surface area contributed by atoms with Crippen molar-refractivity contribution < 1.29 is 35.9 Å². The van der Waals surface area contributed by atoms with Crippen molar-refractivity contribution in [3.63, 3.8) is 0 Å². The number of rotatable bonds is 9. The van der Waals surface area contributed by atoms with Gasteiger partial charge in [-0.25, -0.2) is 26.0 Å². The van der Waals surface area contributed by atoms with Crippen molar-refractivity contribution in [2.24, 2.45) is 0 Å². The number of sulfonamides is 2. The van der Waals surface area contributed by atoms with Gasteiger partial charge in [0.25, 0.3) is 20.0 Å². The molecule has 0 atom stereocenters. The number of ether oxygens (including phenoxy) is 1. The number of aromatic carboxylic acids is 1. The quantitative estimate of drug-likeness (QED) is 0.240. The standard InChI is InChI=1S/C27H23FN2O7S2/c1-17-3-9-21(10-4-17)38(33,34)29-24-14-8-20(16-23(24)27(31)32)37-26-15-19(28)7-13-25(26)30-39(35,36)22-11-5-18(2)6-12-22/h3-16,29-30H,1-2H3,(H,31,32). The summed E-state index contributed by atoms with van der Waals surface area (Å²) >= 11 is 0. The van der Waals surface area contributed by atoms with E-state index in [1.807, 2.05) is 0 Å². The van der Waals surface area contributed by atoms with Crippen molar-refractivity contribution in [1.29, 1.82) is 0 Å². The molecule has 0 aliphatic carbocycles. The Morgan fingerprint density at radius 3 is 1.72 bits per heavy atom. The molecule has 0 aliphatic rings. The summed E-state index contributed by atoms with van der Waals surface area (Å²) in [5.74, 6) is -2.53.